The molecule has 1 rings (SSSR count). The number of hydrogen-bond donors (Lipinski definition) is 0. The zero-order valence-electron chi connectivity index (χ0n) is 5.69. The molecule has 0 fully saturated rings. The van der Waals surface area contributed by atoms with Crippen molar-refractivity contribution >= 4 is 6.08 Å². The topological polar surface area (TPSA) is 0 Å². The molecular formula is C8H6W3-2. The summed E-state index contributed by atoms with van der Waals surface area (Å²) in [5.41, 5.74) is 0.938. The fraction of sp³-hybridized carbons (Fsp3) is 0. The average molecular weight is 654 g/mol. The van der Waals surface area contributed by atoms with Crippen LogP contribution in [-0.4, -0.2) is 0 Å². The first kappa shape index (κ1) is 14.5. The summed E-state index contributed by atoms with van der Waals surface area (Å²) in [7, 11) is 0. The van der Waals surface area contributed by atoms with E-state index in [-0.39, 0.29) is 21.1 Å². The molecule has 0 aliphatic rings. The third kappa shape index (κ3) is 7.39. The Morgan fingerprint density at radius 2 is 2.00 bits per heavy atom. The van der Waals surface area contributed by atoms with Crippen LogP contribution in [0, 0.1) is 12.6 Å². The Kier molecular flexibility index (Phi) is 14.6. The van der Waals surface area contributed by atoms with Gasteiger partial charge in [-0.2, -0.15) is 12.1 Å². The van der Waals surface area contributed by atoms with Crippen molar-refractivity contribution in [1.29, 1.82) is 0 Å². The molecule has 0 aliphatic heterocycles. The van der Waals surface area contributed by atoms with Crippen LogP contribution in [0.25, 0.3) is 6.08 Å². The molecule has 0 radical (unpaired) electrons. The molecule has 0 heterocycles. The van der Waals surface area contributed by atoms with Crippen LogP contribution in [0.2, 0.25) is 0 Å². The van der Waals surface area contributed by atoms with E-state index in [1.807, 2.05) is 24.3 Å². The predicted octanol–water partition coefficient (Wildman–Crippen LogP) is 1.93. The summed E-state index contributed by atoms with van der Waals surface area (Å²) >= 11 is 3.33. The van der Waals surface area contributed by atoms with Crippen molar-refractivity contribution in [2.75, 3.05) is 0 Å². The van der Waals surface area contributed by atoms with Gasteiger partial charge in [-0.25, -0.2) is 12.1 Å². The van der Waals surface area contributed by atoms with E-state index in [0.717, 1.165) is 5.56 Å². The van der Waals surface area contributed by atoms with E-state index >= 15 is 0 Å². The second-order valence-corrected chi connectivity index (χ2v) is 1.48. The van der Waals surface area contributed by atoms with Gasteiger partial charge in [-0.05, 0) is 0 Å². The number of benzene rings is 1. The van der Waals surface area contributed by atoms with Crippen molar-refractivity contribution in [3.63, 3.8) is 0 Å². The van der Waals surface area contributed by atoms with Crippen LogP contribution in [0.5, 0.6) is 0 Å². The Labute approximate surface area is 101 Å². The molecule has 0 nitrogen and oxygen atoms in total. The number of rotatable bonds is 1. The van der Waals surface area contributed by atoms with Crippen molar-refractivity contribution in [2.24, 2.45) is 0 Å². The Balaban J connectivity index is 0. The third-order valence-corrected chi connectivity index (χ3v) is 0.913. The molecule has 58 valence electrons. The second kappa shape index (κ2) is 11.0. The van der Waals surface area contributed by atoms with Gasteiger partial charge in [0.05, 0.1) is 0 Å². The van der Waals surface area contributed by atoms with Crippen LogP contribution in [-0.2, 0) is 53.5 Å². The van der Waals surface area contributed by atoms with E-state index < -0.39 is 0 Å². The van der Waals surface area contributed by atoms with Gasteiger partial charge in [0.15, 0.2) is 0 Å². The average Bonchev–Trinajstić information content (AvgIpc) is 2.10. The van der Waals surface area contributed by atoms with Gasteiger partial charge in [0, 0.05) is 21.1 Å². The van der Waals surface area contributed by atoms with Gasteiger partial charge in [-0.1, -0.05) is 0 Å². The molecule has 0 saturated heterocycles. The maximum atomic E-state index is 5.19. The first-order valence-electron chi connectivity index (χ1n) is 2.62. The van der Waals surface area contributed by atoms with Crippen molar-refractivity contribution in [2.45, 2.75) is 0 Å². The quantitative estimate of drug-likeness (QED) is 0.407. The molecular weight excluding hydrogens is 648 g/mol. The Morgan fingerprint density at radius 3 is 2.27 bits per heavy atom. The van der Waals surface area contributed by atoms with E-state index in [0.29, 0.717) is 0 Å². The molecule has 0 unspecified atom stereocenters. The Morgan fingerprint density at radius 1 is 1.36 bits per heavy atom. The molecule has 0 bridgehead atoms. The minimum absolute atomic E-state index is 0. The predicted molar refractivity (Wildman–Crippen MR) is 34.0 cm³/mol. The van der Waals surface area contributed by atoms with Gasteiger partial charge >= 0.3 is 32.4 Å². The van der Waals surface area contributed by atoms with Gasteiger partial charge in [0.25, 0.3) is 0 Å². The molecule has 0 saturated carbocycles. The van der Waals surface area contributed by atoms with Crippen LogP contribution in [0.4, 0.5) is 0 Å². The normalized spacial score (nSPS) is 6.55. The molecule has 0 aliphatic carbocycles. The maximum absolute atomic E-state index is 5.19. The molecule has 3 heteroatoms. The van der Waals surface area contributed by atoms with Crippen molar-refractivity contribution in [3.05, 3.63) is 42.5 Å². The Hall–Kier alpha value is 1.02. The molecule has 11 heavy (non-hydrogen) atoms. The molecule has 1 aromatic carbocycles. The fourth-order valence-electron chi connectivity index (χ4n) is 0.511. The second-order valence-electron chi connectivity index (χ2n) is 1.48. The van der Waals surface area contributed by atoms with Crippen molar-refractivity contribution in [1.82, 2.24) is 0 Å². The third-order valence-electron chi connectivity index (χ3n) is 0.913. The van der Waals surface area contributed by atoms with Crippen LogP contribution >= 0.6 is 0 Å². The van der Waals surface area contributed by atoms with Crippen LogP contribution in [0.15, 0.2) is 24.3 Å². The summed E-state index contributed by atoms with van der Waals surface area (Å²) in [6.07, 6.45) is 1.53. The van der Waals surface area contributed by atoms with Gasteiger partial charge in [-0.3, -0.25) is 0 Å². The summed E-state index contributed by atoms with van der Waals surface area (Å²) < 4.78 is 0. The van der Waals surface area contributed by atoms with Gasteiger partial charge in [0.1, 0.15) is 0 Å². The van der Waals surface area contributed by atoms with Crippen LogP contribution < -0.4 is 0 Å². The zero-order valence-corrected chi connectivity index (χ0v) is 14.5. The van der Waals surface area contributed by atoms with Gasteiger partial charge in [-0.15, -0.1) is 6.07 Å². The zero-order chi connectivity index (χ0) is 7.82. The van der Waals surface area contributed by atoms with Crippen molar-refractivity contribution in [3.8, 4) is 0 Å². The van der Waals surface area contributed by atoms with E-state index in [1.54, 1.807) is 32.4 Å². The SMILES string of the molecule is [CH-]=Cc1[c-]cccc1.[W].[W]=[W]. The van der Waals surface area contributed by atoms with Crippen LogP contribution in [0.3, 0.4) is 0 Å². The monoisotopic (exact) mass is 654 g/mol. The fourth-order valence-corrected chi connectivity index (χ4v) is 0.511. The minimum atomic E-state index is 0. The molecule has 0 N–H and O–H groups in total. The molecule has 1 aromatic rings. The summed E-state index contributed by atoms with van der Waals surface area (Å²) in [5.74, 6) is 0. The standard InChI is InChI=1S/C8H6.3W/c1-2-8-6-4-3-5-7-8;;;/h1-6H;;;/q-2;;;. The van der Waals surface area contributed by atoms with E-state index in [1.165, 1.54) is 6.08 Å². The first-order valence-corrected chi connectivity index (χ1v) is 13.6. The molecule has 0 spiro atoms. The van der Waals surface area contributed by atoms with E-state index in [9.17, 15) is 0 Å². The van der Waals surface area contributed by atoms with Crippen molar-refractivity contribution < 1.29 is 53.5 Å². The summed E-state index contributed by atoms with van der Waals surface area (Å²) in [6.45, 7) is 5.19. The van der Waals surface area contributed by atoms with Crippen LogP contribution in [0.1, 0.15) is 5.56 Å². The van der Waals surface area contributed by atoms with E-state index in [2.05, 4.69) is 6.07 Å². The van der Waals surface area contributed by atoms with Gasteiger partial charge in [0.2, 0.25) is 0 Å². The summed E-state index contributed by atoms with van der Waals surface area (Å²) in [6, 6.07) is 10.5. The van der Waals surface area contributed by atoms with Gasteiger partial charge < -0.3 is 18.2 Å². The molecule has 0 atom stereocenters. The first-order chi connectivity index (χ1) is 4.93. The summed E-state index contributed by atoms with van der Waals surface area (Å²) in [4.78, 5) is 0. The molecule has 0 aromatic heterocycles. The number of hydrogen-bond acceptors (Lipinski definition) is 0. The molecule has 0 amide bonds. The summed E-state index contributed by atoms with van der Waals surface area (Å²) in [5, 5.41) is 0. The Bertz CT molecular complexity index is 184. The van der Waals surface area contributed by atoms with E-state index in [4.69, 9.17) is 6.58 Å².